The summed E-state index contributed by atoms with van der Waals surface area (Å²) in [5.41, 5.74) is 4.18. The van der Waals surface area contributed by atoms with Crippen molar-refractivity contribution < 1.29 is 9.59 Å². The number of benzene rings is 2. The fraction of sp³-hybridized carbons (Fsp3) is 0.136. The fourth-order valence-electron chi connectivity index (χ4n) is 2.61. The first kappa shape index (κ1) is 19.1. The molecule has 2 aromatic carbocycles. The Kier molecular flexibility index (Phi) is 6.01. The molecule has 28 heavy (non-hydrogen) atoms. The van der Waals surface area contributed by atoms with E-state index in [1.54, 1.807) is 42.6 Å². The molecule has 2 amide bonds. The van der Waals surface area contributed by atoms with Crippen molar-refractivity contribution in [3.63, 3.8) is 0 Å². The number of rotatable bonds is 6. The van der Waals surface area contributed by atoms with Crippen LogP contribution in [0.4, 0.5) is 17.2 Å². The van der Waals surface area contributed by atoms with Gasteiger partial charge in [-0.05, 0) is 48.9 Å². The highest BCUT2D eigenvalue weighted by Gasteiger charge is 2.08. The standard InChI is InChI=1S/C22H22N4O2/c1-15-3-5-17(6-4-15)14-24-21-13-18(11-12-23-21)22(28)26-20-9-7-19(8-10-20)25-16(2)27/h3-13H,14H2,1-2H3,(H,23,24)(H,25,27)(H,26,28). The van der Waals surface area contributed by atoms with E-state index in [1.165, 1.54) is 12.5 Å². The van der Waals surface area contributed by atoms with Crippen LogP contribution in [-0.2, 0) is 11.3 Å². The van der Waals surface area contributed by atoms with Gasteiger partial charge in [-0.25, -0.2) is 4.98 Å². The number of nitrogens with one attached hydrogen (secondary N) is 3. The number of hydrogen-bond donors (Lipinski definition) is 3. The number of carbonyl (C=O) groups is 2. The first-order chi connectivity index (χ1) is 13.5. The van der Waals surface area contributed by atoms with E-state index >= 15 is 0 Å². The molecule has 3 N–H and O–H groups in total. The maximum Gasteiger partial charge on any atom is 0.255 e. The molecule has 0 spiro atoms. The first-order valence-electron chi connectivity index (χ1n) is 8.94. The molecule has 0 fully saturated rings. The van der Waals surface area contributed by atoms with E-state index in [-0.39, 0.29) is 11.8 Å². The maximum absolute atomic E-state index is 12.5. The summed E-state index contributed by atoms with van der Waals surface area (Å²) in [6.45, 7) is 4.13. The van der Waals surface area contributed by atoms with Gasteiger partial charge < -0.3 is 16.0 Å². The molecule has 1 aromatic heterocycles. The number of pyridine rings is 1. The smallest absolute Gasteiger partial charge is 0.255 e. The van der Waals surface area contributed by atoms with Gasteiger partial charge in [0.25, 0.3) is 5.91 Å². The molecule has 0 atom stereocenters. The lowest BCUT2D eigenvalue weighted by Gasteiger charge is -2.09. The highest BCUT2D eigenvalue weighted by molar-refractivity contribution is 6.04. The Morgan fingerprint density at radius 1 is 0.893 bits per heavy atom. The van der Waals surface area contributed by atoms with Crippen molar-refractivity contribution in [3.05, 3.63) is 83.6 Å². The molecule has 3 rings (SSSR count). The van der Waals surface area contributed by atoms with E-state index < -0.39 is 0 Å². The van der Waals surface area contributed by atoms with Crippen LogP contribution in [0.5, 0.6) is 0 Å². The Labute approximate surface area is 164 Å². The van der Waals surface area contributed by atoms with Crippen LogP contribution in [0.15, 0.2) is 66.9 Å². The molecule has 142 valence electrons. The zero-order valence-corrected chi connectivity index (χ0v) is 15.8. The van der Waals surface area contributed by atoms with E-state index in [0.717, 1.165) is 5.56 Å². The highest BCUT2D eigenvalue weighted by Crippen LogP contribution is 2.16. The average molecular weight is 374 g/mol. The van der Waals surface area contributed by atoms with Gasteiger partial charge in [0.05, 0.1) is 0 Å². The third kappa shape index (κ3) is 5.41. The van der Waals surface area contributed by atoms with Crippen LogP contribution >= 0.6 is 0 Å². The predicted octanol–water partition coefficient (Wildman–Crippen LogP) is 4.21. The van der Waals surface area contributed by atoms with E-state index in [1.807, 2.05) is 6.92 Å². The first-order valence-corrected chi connectivity index (χ1v) is 8.94. The molecule has 6 nitrogen and oxygen atoms in total. The predicted molar refractivity (Wildman–Crippen MR) is 111 cm³/mol. The Morgan fingerprint density at radius 2 is 1.54 bits per heavy atom. The minimum atomic E-state index is -0.229. The van der Waals surface area contributed by atoms with Crippen LogP contribution in [0, 0.1) is 6.92 Å². The molecule has 0 saturated carbocycles. The number of hydrogen-bond acceptors (Lipinski definition) is 4. The number of aryl methyl sites for hydroxylation is 1. The average Bonchev–Trinajstić information content (AvgIpc) is 2.69. The molecular formula is C22H22N4O2. The van der Waals surface area contributed by atoms with Crippen molar-refractivity contribution in [2.75, 3.05) is 16.0 Å². The van der Waals surface area contributed by atoms with Gasteiger partial charge in [0, 0.05) is 36.6 Å². The van der Waals surface area contributed by atoms with Crippen molar-refractivity contribution in [3.8, 4) is 0 Å². The number of amides is 2. The zero-order valence-electron chi connectivity index (χ0n) is 15.8. The van der Waals surface area contributed by atoms with Crippen molar-refractivity contribution in [2.45, 2.75) is 20.4 Å². The van der Waals surface area contributed by atoms with Gasteiger partial charge in [-0.15, -0.1) is 0 Å². The number of aromatic nitrogens is 1. The van der Waals surface area contributed by atoms with Crippen molar-refractivity contribution >= 4 is 29.0 Å². The molecule has 0 aliphatic carbocycles. The van der Waals surface area contributed by atoms with Gasteiger partial charge in [0.2, 0.25) is 5.91 Å². The van der Waals surface area contributed by atoms with Gasteiger partial charge in [-0.1, -0.05) is 29.8 Å². The summed E-state index contributed by atoms with van der Waals surface area (Å²) < 4.78 is 0. The molecule has 3 aromatic rings. The molecule has 0 aliphatic rings. The van der Waals surface area contributed by atoms with Crippen LogP contribution in [0.1, 0.15) is 28.4 Å². The Bertz CT molecular complexity index is 967. The molecule has 6 heteroatoms. The number of nitrogens with zero attached hydrogens (tertiary/aromatic N) is 1. The molecule has 0 radical (unpaired) electrons. The SMILES string of the molecule is CC(=O)Nc1ccc(NC(=O)c2ccnc(NCc3ccc(C)cc3)c2)cc1. The third-order valence-corrected chi connectivity index (χ3v) is 4.08. The summed E-state index contributed by atoms with van der Waals surface area (Å²) in [5.74, 6) is 0.265. The Hall–Kier alpha value is -3.67. The van der Waals surface area contributed by atoms with Crippen LogP contribution in [0.3, 0.4) is 0 Å². The largest absolute Gasteiger partial charge is 0.366 e. The fourth-order valence-corrected chi connectivity index (χ4v) is 2.61. The second-order valence-corrected chi connectivity index (χ2v) is 6.48. The second kappa shape index (κ2) is 8.81. The summed E-state index contributed by atoms with van der Waals surface area (Å²) >= 11 is 0. The summed E-state index contributed by atoms with van der Waals surface area (Å²) in [6.07, 6.45) is 1.60. The van der Waals surface area contributed by atoms with Crippen LogP contribution in [-0.4, -0.2) is 16.8 Å². The van der Waals surface area contributed by atoms with Crippen molar-refractivity contribution in [1.29, 1.82) is 0 Å². The zero-order chi connectivity index (χ0) is 19.9. The van der Waals surface area contributed by atoms with Crippen molar-refractivity contribution in [2.24, 2.45) is 0 Å². The molecular weight excluding hydrogens is 352 g/mol. The Balaban J connectivity index is 1.61. The normalized spacial score (nSPS) is 10.2. The van der Waals surface area contributed by atoms with E-state index in [9.17, 15) is 9.59 Å². The minimum Gasteiger partial charge on any atom is -0.366 e. The van der Waals surface area contributed by atoms with Crippen LogP contribution < -0.4 is 16.0 Å². The quantitative estimate of drug-likeness (QED) is 0.603. The van der Waals surface area contributed by atoms with E-state index in [2.05, 4.69) is 45.2 Å². The molecule has 1 heterocycles. The second-order valence-electron chi connectivity index (χ2n) is 6.48. The molecule has 0 saturated heterocycles. The third-order valence-electron chi connectivity index (χ3n) is 4.08. The lowest BCUT2D eigenvalue weighted by Crippen LogP contribution is -2.13. The lowest BCUT2D eigenvalue weighted by molar-refractivity contribution is -0.114. The molecule has 0 unspecified atom stereocenters. The number of carbonyl (C=O) groups excluding carboxylic acids is 2. The highest BCUT2D eigenvalue weighted by atomic mass is 16.2. The lowest BCUT2D eigenvalue weighted by atomic mass is 10.1. The van der Waals surface area contributed by atoms with Crippen molar-refractivity contribution in [1.82, 2.24) is 4.98 Å². The van der Waals surface area contributed by atoms with Gasteiger partial charge in [0.1, 0.15) is 5.82 Å². The van der Waals surface area contributed by atoms with Gasteiger partial charge in [-0.2, -0.15) is 0 Å². The molecule has 0 bridgehead atoms. The summed E-state index contributed by atoms with van der Waals surface area (Å²) in [7, 11) is 0. The number of anilines is 3. The van der Waals surface area contributed by atoms with E-state index in [4.69, 9.17) is 0 Å². The summed E-state index contributed by atoms with van der Waals surface area (Å²) in [5, 5.41) is 8.76. The van der Waals surface area contributed by atoms with Gasteiger partial charge >= 0.3 is 0 Å². The maximum atomic E-state index is 12.5. The van der Waals surface area contributed by atoms with E-state index in [0.29, 0.717) is 29.3 Å². The van der Waals surface area contributed by atoms with Gasteiger partial charge in [-0.3, -0.25) is 9.59 Å². The monoisotopic (exact) mass is 374 g/mol. The van der Waals surface area contributed by atoms with Gasteiger partial charge in [0.15, 0.2) is 0 Å². The topological polar surface area (TPSA) is 83.1 Å². The molecule has 0 aliphatic heterocycles. The van der Waals surface area contributed by atoms with Crippen LogP contribution in [0.25, 0.3) is 0 Å². The summed E-state index contributed by atoms with van der Waals surface area (Å²) in [4.78, 5) is 27.8. The Morgan fingerprint density at radius 3 is 2.18 bits per heavy atom. The minimum absolute atomic E-state index is 0.140. The van der Waals surface area contributed by atoms with Crippen LogP contribution in [0.2, 0.25) is 0 Å². The summed E-state index contributed by atoms with van der Waals surface area (Å²) in [6, 6.07) is 18.6.